The molecule has 0 amide bonds. The average Bonchev–Trinajstić information content (AvgIpc) is 2.42. The van der Waals surface area contributed by atoms with Crippen LogP contribution in [0.2, 0.25) is 0 Å². The fourth-order valence-electron chi connectivity index (χ4n) is 1.33. The lowest BCUT2D eigenvalue weighted by atomic mass is 9.92. The third-order valence-corrected chi connectivity index (χ3v) is 2.31. The first-order valence-electron chi connectivity index (χ1n) is 4.98. The number of rotatable bonds is 3. The lowest BCUT2D eigenvalue weighted by Gasteiger charge is -2.16. The summed E-state index contributed by atoms with van der Waals surface area (Å²) >= 11 is 0. The molecule has 1 aromatic rings. The molecule has 5 nitrogen and oxygen atoms in total. The fourth-order valence-corrected chi connectivity index (χ4v) is 1.33. The van der Waals surface area contributed by atoms with Gasteiger partial charge in [-0.05, 0) is 16.8 Å². The third-order valence-electron chi connectivity index (χ3n) is 2.31. The highest BCUT2D eigenvalue weighted by Gasteiger charge is 2.19. The van der Waals surface area contributed by atoms with Gasteiger partial charge in [0.25, 0.3) is 0 Å². The summed E-state index contributed by atoms with van der Waals surface area (Å²) in [4.78, 5) is 14.3. The van der Waals surface area contributed by atoms with Gasteiger partial charge in [-0.15, -0.1) is 0 Å². The van der Waals surface area contributed by atoms with Gasteiger partial charge in [0.05, 0.1) is 6.54 Å². The van der Waals surface area contributed by atoms with Crippen LogP contribution in [-0.2, 0) is 6.54 Å². The molecule has 0 aliphatic carbocycles. The van der Waals surface area contributed by atoms with E-state index < -0.39 is 0 Å². The quantitative estimate of drug-likeness (QED) is 0.570. The molecule has 0 saturated carbocycles. The summed E-state index contributed by atoms with van der Waals surface area (Å²) in [6.07, 6.45) is 2.21. The van der Waals surface area contributed by atoms with Crippen LogP contribution in [0.1, 0.15) is 33.0 Å². The van der Waals surface area contributed by atoms with Gasteiger partial charge in [-0.1, -0.05) is 20.8 Å². The molecule has 15 heavy (non-hydrogen) atoms. The monoisotopic (exact) mass is 211 g/mol. The van der Waals surface area contributed by atoms with Crippen molar-refractivity contribution >= 4 is 5.82 Å². The van der Waals surface area contributed by atoms with Crippen molar-refractivity contribution in [1.29, 1.82) is 0 Å². The number of nitro groups is 1. The van der Waals surface area contributed by atoms with E-state index in [4.69, 9.17) is 0 Å². The molecule has 0 aliphatic heterocycles. The maximum Gasteiger partial charge on any atom is 0.342 e. The highest BCUT2D eigenvalue weighted by Crippen LogP contribution is 2.22. The van der Waals surface area contributed by atoms with E-state index in [1.165, 1.54) is 6.20 Å². The summed E-state index contributed by atoms with van der Waals surface area (Å²) in [5, 5.41) is 10.7. The Labute approximate surface area is 89.3 Å². The van der Waals surface area contributed by atoms with E-state index in [-0.39, 0.29) is 16.2 Å². The van der Waals surface area contributed by atoms with Gasteiger partial charge in [-0.25, -0.2) is 9.55 Å². The summed E-state index contributed by atoms with van der Waals surface area (Å²) < 4.78 is 1.66. The van der Waals surface area contributed by atoms with Crippen molar-refractivity contribution in [2.24, 2.45) is 5.41 Å². The zero-order valence-corrected chi connectivity index (χ0v) is 9.65. The van der Waals surface area contributed by atoms with Crippen molar-refractivity contribution in [3.05, 3.63) is 22.1 Å². The van der Waals surface area contributed by atoms with Crippen LogP contribution in [0.3, 0.4) is 0 Å². The summed E-state index contributed by atoms with van der Waals surface area (Å²) in [6.45, 7) is 8.78. The zero-order chi connectivity index (χ0) is 11.6. The first kappa shape index (κ1) is 11.7. The molecule has 1 heterocycles. The van der Waals surface area contributed by atoms with Crippen molar-refractivity contribution in [1.82, 2.24) is 9.55 Å². The Hall–Kier alpha value is -1.39. The van der Waals surface area contributed by atoms with E-state index in [1.54, 1.807) is 11.5 Å². The maximum atomic E-state index is 10.7. The predicted octanol–water partition coefficient (Wildman–Crippen LogP) is 2.54. The summed E-state index contributed by atoms with van der Waals surface area (Å²) in [7, 11) is 0. The third kappa shape index (κ3) is 3.04. The minimum absolute atomic E-state index is 0.0803. The van der Waals surface area contributed by atoms with E-state index >= 15 is 0 Å². The van der Waals surface area contributed by atoms with Crippen molar-refractivity contribution in [3.8, 4) is 0 Å². The van der Waals surface area contributed by atoms with Crippen LogP contribution in [0.25, 0.3) is 0 Å². The second-order valence-electron chi connectivity index (χ2n) is 4.88. The molecule has 5 heteroatoms. The van der Waals surface area contributed by atoms with Crippen LogP contribution in [0, 0.1) is 22.5 Å². The smallest absolute Gasteiger partial charge is 0.342 e. The van der Waals surface area contributed by atoms with Crippen LogP contribution >= 0.6 is 0 Å². The number of aryl methyl sites for hydroxylation is 1. The van der Waals surface area contributed by atoms with E-state index in [0.29, 0.717) is 12.4 Å². The lowest BCUT2D eigenvalue weighted by molar-refractivity contribution is -0.392. The average molecular weight is 211 g/mol. The van der Waals surface area contributed by atoms with E-state index in [9.17, 15) is 10.1 Å². The number of aromatic nitrogens is 2. The first-order chi connectivity index (χ1) is 6.81. The molecule has 0 aromatic carbocycles. The number of nitrogens with zero attached hydrogens (tertiary/aromatic N) is 3. The Morgan fingerprint density at radius 2 is 2.13 bits per heavy atom. The van der Waals surface area contributed by atoms with Crippen molar-refractivity contribution < 1.29 is 4.92 Å². The second kappa shape index (κ2) is 4.00. The molecule has 84 valence electrons. The van der Waals surface area contributed by atoms with Gasteiger partial charge in [0.1, 0.15) is 6.20 Å². The Bertz CT molecular complexity index is 363. The van der Waals surface area contributed by atoms with Gasteiger partial charge in [0.2, 0.25) is 0 Å². The van der Waals surface area contributed by atoms with Crippen molar-refractivity contribution in [2.75, 3.05) is 0 Å². The summed E-state index contributed by atoms with van der Waals surface area (Å²) in [6, 6.07) is 0. The molecular weight excluding hydrogens is 194 g/mol. The normalized spacial score (nSPS) is 11.7. The molecule has 0 radical (unpaired) electrons. The summed E-state index contributed by atoms with van der Waals surface area (Å²) in [5.74, 6) is 0.780. The number of hydrogen-bond acceptors (Lipinski definition) is 3. The Kier molecular flexibility index (Phi) is 3.12. The molecular formula is C10H17N3O2. The van der Waals surface area contributed by atoms with Crippen LogP contribution < -0.4 is 0 Å². The van der Waals surface area contributed by atoms with Crippen molar-refractivity contribution in [2.45, 2.75) is 40.7 Å². The van der Waals surface area contributed by atoms with Gasteiger partial charge in [-0.3, -0.25) is 0 Å². The van der Waals surface area contributed by atoms with Gasteiger partial charge in [0.15, 0.2) is 5.82 Å². The van der Waals surface area contributed by atoms with Crippen LogP contribution in [0.4, 0.5) is 5.82 Å². The maximum absolute atomic E-state index is 10.7. The van der Waals surface area contributed by atoms with Crippen LogP contribution in [0.15, 0.2) is 6.20 Å². The Morgan fingerprint density at radius 3 is 2.60 bits per heavy atom. The fraction of sp³-hybridized carbons (Fsp3) is 0.700. The highest BCUT2D eigenvalue weighted by atomic mass is 16.6. The van der Waals surface area contributed by atoms with Gasteiger partial charge in [-0.2, -0.15) is 0 Å². The second-order valence-corrected chi connectivity index (χ2v) is 4.88. The molecule has 0 bridgehead atoms. The SMILES string of the molecule is Cc1ncc([N+](=O)[O-])n1CCC(C)(C)C. The molecule has 1 aromatic heterocycles. The molecule has 0 unspecified atom stereocenters. The van der Waals surface area contributed by atoms with Gasteiger partial charge in [0, 0.05) is 6.92 Å². The van der Waals surface area contributed by atoms with E-state index in [0.717, 1.165) is 6.42 Å². The molecule has 0 atom stereocenters. The largest absolute Gasteiger partial charge is 0.358 e. The van der Waals surface area contributed by atoms with Crippen LogP contribution in [-0.4, -0.2) is 14.5 Å². The minimum atomic E-state index is -0.386. The molecule has 0 aliphatic rings. The highest BCUT2D eigenvalue weighted by molar-refractivity contribution is 5.18. The van der Waals surface area contributed by atoms with Gasteiger partial charge < -0.3 is 10.1 Å². The first-order valence-corrected chi connectivity index (χ1v) is 4.98. The van der Waals surface area contributed by atoms with E-state index in [2.05, 4.69) is 25.8 Å². The summed E-state index contributed by atoms with van der Waals surface area (Å²) in [5.41, 5.74) is 0.171. The minimum Gasteiger partial charge on any atom is -0.358 e. The molecule has 0 spiro atoms. The van der Waals surface area contributed by atoms with Crippen LogP contribution in [0.5, 0.6) is 0 Å². The number of hydrogen-bond donors (Lipinski definition) is 0. The van der Waals surface area contributed by atoms with Crippen molar-refractivity contribution in [3.63, 3.8) is 0 Å². The topological polar surface area (TPSA) is 61.0 Å². The zero-order valence-electron chi connectivity index (χ0n) is 9.65. The molecule has 0 N–H and O–H groups in total. The molecule has 0 saturated heterocycles. The van der Waals surface area contributed by atoms with E-state index in [1.807, 2.05) is 0 Å². The Balaban J connectivity index is 2.84. The molecule has 1 rings (SSSR count). The number of imidazole rings is 1. The standard InChI is InChI=1S/C10H17N3O2/c1-8-11-7-9(13(14)15)12(8)6-5-10(2,3)4/h7H,5-6H2,1-4H3. The molecule has 0 fully saturated rings. The van der Waals surface area contributed by atoms with Gasteiger partial charge >= 0.3 is 5.82 Å². The Morgan fingerprint density at radius 1 is 1.53 bits per heavy atom. The predicted molar refractivity (Wildman–Crippen MR) is 57.7 cm³/mol. The lowest BCUT2D eigenvalue weighted by Crippen LogP contribution is -2.12.